The van der Waals surface area contributed by atoms with Crippen LogP contribution in [0.15, 0.2) is 30.3 Å². The molecule has 4 nitrogen and oxygen atoms in total. The van der Waals surface area contributed by atoms with E-state index in [0.717, 1.165) is 42.9 Å². The van der Waals surface area contributed by atoms with Gasteiger partial charge in [-0.05, 0) is 56.1 Å². The fraction of sp³-hybridized carbons (Fsp3) is 0.471. The zero-order valence-electron chi connectivity index (χ0n) is 13.5. The second-order valence-electron chi connectivity index (χ2n) is 5.56. The maximum Gasteiger partial charge on any atom is 0.246 e. The van der Waals surface area contributed by atoms with Gasteiger partial charge in [0.15, 0.2) is 0 Å². The van der Waals surface area contributed by atoms with E-state index >= 15 is 0 Å². The summed E-state index contributed by atoms with van der Waals surface area (Å²) in [5.41, 5.74) is 1.99. The van der Waals surface area contributed by atoms with Crippen molar-refractivity contribution in [1.82, 2.24) is 10.2 Å². The Morgan fingerprint density at radius 2 is 2.27 bits per heavy atom. The molecule has 0 spiro atoms. The zero-order chi connectivity index (χ0) is 15.2. The first kappa shape index (κ1) is 18.5. The van der Waals surface area contributed by atoms with Crippen LogP contribution in [0.4, 0.5) is 0 Å². The molecule has 5 heteroatoms. The predicted molar refractivity (Wildman–Crippen MR) is 92.5 cm³/mol. The SMILES string of the molecule is CNCC1CCN(C(=O)/C=C(\C)c2cccc(OC)c2)C1.Cl. The monoisotopic (exact) mass is 324 g/mol. The van der Waals surface area contributed by atoms with E-state index in [-0.39, 0.29) is 18.3 Å². The van der Waals surface area contributed by atoms with Crippen molar-refractivity contribution >= 4 is 23.9 Å². The molecule has 2 rings (SSSR count). The van der Waals surface area contributed by atoms with Gasteiger partial charge in [0.05, 0.1) is 7.11 Å². The summed E-state index contributed by atoms with van der Waals surface area (Å²) in [6.45, 7) is 4.64. The topological polar surface area (TPSA) is 41.6 Å². The van der Waals surface area contributed by atoms with Crippen LogP contribution >= 0.6 is 12.4 Å². The lowest BCUT2D eigenvalue weighted by molar-refractivity contribution is -0.125. The van der Waals surface area contributed by atoms with E-state index in [1.54, 1.807) is 13.2 Å². The molecule has 1 atom stereocenters. The molecule has 22 heavy (non-hydrogen) atoms. The van der Waals surface area contributed by atoms with Gasteiger partial charge in [-0.15, -0.1) is 12.4 Å². The highest BCUT2D eigenvalue weighted by atomic mass is 35.5. The van der Waals surface area contributed by atoms with Crippen molar-refractivity contribution in [2.24, 2.45) is 5.92 Å². The van der Waals surface area contributed by atoms with E-state index in [1.165, 1.54) is 0 Å². The zero-order valence-corrected chi connectivity index (χ0v) is 14.3. The molecule has 1 amide bonds. The molecule has 1 aliphatic heterocycles. The number of amides is 1. The summed E-state index contributed by atoms with van der Waals surface area (Å²) in [6, 6.07) is 7.79. The smallest absolute Gasteiger partial charge is 0.246 e. The molecule has 0 radical (unpaired) electrons. The Morgan fingerprint density at radius 3 is 2.95 bits per heavy atom. The van der Waals surface area contributed by atoms with Crippen LogP contribution in [-0.4, -0.2) is 44.6 Å². The first-order chi connectivity index (χ1) is 10.1. The van der Waals surface area contributed by atoms with E-state index in [1.807, 2.05) is 43.1 Å². The van der Waals surface area contributed by atoms with Gasteiger partial charge in [0.1, 0.15) is 5.75 Å². The van der Waals surface area contributed by atoms with E-state index in [2.05, 4.69) is 5.32 Å². The van der Waals surface area contributed by atoms with Crippen molar-refractivity contribution in [3.05, 3.63) is 35.9 Å². The molecular weight excluding hydrogens is 300 g/mol. The normalized spacial score (nSPS) is 18.0. The minimum absolute atomic E-state index is 0. The predicted octanol–water partition coefficient (Wildman–Crippen LogP) is 2.59. The molecule has 0 aliphatic carbocycles. The molecule has 1 N–H and O–H groups in total. The van der Waals surface area contributed by atoms with Crippen LogP contribution in [0.2, 0.25) is 0 Å². The second kappa shape index (κ2) is 8.81. The van der Waals surface area contributed by atoms with E-state index in [9.17, 15) is 4.79 Å². The largest absolute Gasteiger partial charge is 0.497 e. The van der Waals surface area contributed by atoms with Crippen molar-refractivity contribution in [3.8, 4) is 5.75 Å². The minimum Gasteiger partial charge on any atom is -0.497 e. The highest BCUT2D eigenvalue weighted by Crippen LogP contribution is 2.21. The molecule has 1 aromatic rings. The standard InChI is InChI=1S/C17H24N2O2.ClH/c1-13(15-5-4-6-16(10-15)21-3)9-17(20)19-8-7-14(12-19)11-18-2;/h4-6,9-10,14,18H,7-8,11-12H2,1-3H3;1H/b13-9+;. The molecule has 1 heterocycles. The minimum atomic E-state index is 0. The Hall–Kier alpha value is -1.52. The molecule has 1 fully saturated rings. The van der Waals surface area contributed by atoms with Crippen LogP contribution in [0.25, 0.3) is 5.57 Å². The number of rotatable bonds is 5. The number of nitrogens with one attached hydrogen (secondary N) is 1. The molecule has 1 aliphatic rings. The fourth-order valence-corrected chi connectivity index (χ4v) is 2.72. The van der Waals surface area contributed by atoms with Crippen LogP contribution in [0.3, 0.4) is 0 Å². The van der Waals surface area contributed by atoms with Gasteiger partial charge in [-0.1, -0.05) is 12.1 Å². The number of carbonyl (C=O) groups is 1. The van der Waals surface area contributed by atoms with Gasteiger partial charge in [-0.3, -0.25) is 4.79 Å². The molecule has 122 valence electrons. The number of benzene rings is 1. The number of allylic oxidation sites excluding steroid dienone is 1. The Morgan fingerprint density at radius 1 is 1.50 bits per heavy atom. The first-order valence-electron chi connectivity index (χ1n) is 7.40. The lowest BCUT2D eigenvalue weighted by Crippen LogP contribution is -2.29. The Kier molecular flexibility index (Phi) is 7.42. The summed E-state index contributed by atoms with van der Waals surface area (Å²) >= 11 is 0. The van der Waals surface area contributed by atoms with Gasteiger partial charge in [0, 0.05) is 19.2 Å². The third-order valence-corrected chi connectivity index (χ3v) is 3.96. The van der Waals surface area contributed by atoms with Crippen LogP contribution < -0.4 is 10.1 Å². The van der Waals surface area contributed by atoms with Gasteiger partial charge < -0.3 is 15.0 Å². The second-order valence-corrected chi connectivity index (χ2v) is 5.56. The average Bonchev–Trinajstić information content (AvgIpc) is 2.96. The lowest BCUT2D eigenvalue weighted by atomic mass is 10.1. The third-order valence-electron chi connectivity index (χ3n) is 3.96. The van der Waals surface area contributed by atoms with Crippen molar-refractivity contribution < 1.29 is 9.53 Å². The van der Waals surface area contributed by atoms with E-state index < -0.39 is 0 Å². The number of hydrogen-bond donors (Lipinski definition) is 1. The summed E-state index contributed by atoms with van der Waals surface area (Å²) in [5.74, 6) is 1.49. The summed E-state index contributed by atoms with van der Waals surface area (Å²) in [4.78, 5) is 14.3. The van der Waals surface area contributed by atoms with Gasteiger partial charge >= 0.3 is 0 Å². The van der Waals surface area contributed by atoms with E-state index in [4.69, 9.17) is 4.74 Å². The molecular formula is C17H25ClN2O2. The number of hydrogen-bond acceptors (Lipinski definition) is 3. The van der Waals surface area contributed by atoms with Crippen LogP contribution in [-0.2, 0) is 4.79 Å². The fourth-order valence-electron chi connectivity index (χ4n) is 2.72. The van der Waals surface area contributed by atoms with Gasteiger partial charge in [-0.2, -0.15) is 0 Å². The number of nitrogens with zero attached hydrogens (tertiary/aromatic N) is 1. The van der Waals surface area contributed by atoms with Crippen LogP contribution in [0, 0.1) is 5.92 Å². The number of likely N-dealkylation sites (tertiary alicyclic amines) is 1. The quantitative estimate of drug-likeness (QED) is 0.846. The van der Waals surface area contributed by atoms with Crippen molar-refractivity contribution in [3.63, 3.8) is 0 Å². The first-order valence-corrected chi connectivity index (χ1v) is 7.40. The highest BCUT2D eigenvalue weighted by Gasteiger charge is 2.24. The van der Waals surface area contributed by atoms with Crippen LogP contribution in [0.5, 0.6) is 5.75 Å². The number of halogens is 1. The summed E-state index contributed by atoms with van der Waals surface area (Å²) in [7, 11) is 3.60. The van der Waals surface area contributed by atoms with Crippen LogP contribution in [0.1, 0.15) is 18.9 Å². The number of carbonyl (C=O) groups excluding carboxylic acids is 1. The summed E-state index contributed by atoms with van der Waals surface area (Å²) < 4.78 is 5.22. The van der Waals surface area contributed by atoms with Gasteiger partial charge in [-0.25, -0.2) is 0 Å². The Labute approximate surface area is 138 Å². The lowest BCUT2D eigenvalue weighted by Gasteiger charge is -2.15. The van der Waals surface area contributed by atoms with Crippen molar-refractivity contribution in [1.29, 1.82) is 0 Å². The molecule has 0 aromatic heterocycles. The summed E-state index contributed by atoms with van der Waals surface area (Å²) in [5, 5.41) is 3.18. The molecule has 1 saturated heterocycles. The average molecular weight is 325 g/mol. The Balaban J connectivity index is 0.00000242. The number of ether oxygens (including phenoxy) is 1. The van der Waals surface area contributed by atoms with E-state index in [0.29, 0.717) is 5.92 Å². The number of methoxy groups -OCH3 is 1. The molecule has 0 bridgehead atoms. The molecule has 0 saturated carbocycles. The molecule has 1 aromatic carbocycles. The van der Waals surface area contributed by atoms with Crippen molar-refractivity contribution in [2.45, 2.75) is 13.3 Å². The maximum absolute atomic E-state index is 12.3. The molecule has 1 unspecified atom stereocenters. The third kappa shape index (κ3) is 4.75. The summed E-state index contributed by atoms with van der Waals surface area (Å²) in [6.07, 6.45) is 2.81. The Bertz CT molecular complexity index is 531. The van der Waals surface area contributed by atoms with Gasteiger partial charge in [0.2, 0.25) is 5.91 Å². The highest BCUT2D eigenvalue weighted by molar-refractivity contribution is 5.95. The van der Waals surface area contributed by atoms with Crippen molar-refractivity contribution in [2.75, 3.05) is 33.8 Å². The van der Waals surface area contributed by atoms with Gasteiger partial charge in [0.25, 0.3) is 0 Å². The maximum atomic E-state index is 12.3.